The molecule has 0 unspecified atom stereocenters. The molecule has 186 valence electrons. The zero-order valence-corrected chi connectivity index (χ0v) is 19.8. The smallest absolute Gasteiger partial charge is 0.224 e. The number of rotatable bonds is 9. The third-order valence-corrected chi connectivity index (χ3v) is 7.57. The number of piperidine rings is 1. The SMILES string of the molecule is O=C(C[C@@H]1C[C@@H]2c3cc(NC(=O)CC4CC4)ccc3O[C@@H]2[C@H](CO)O1)NCCN1CCCCC1. The molecule has 1 aliphatic carbocycles. The molecule has 4 aliphatic rings. The summed E-state index contributed by atoms with van der Waals surface area (Å²) in [5, 5.41) is 16.0. The second-order valence-corrected chi connectivity index (χ2v) is 10.3. The first-order chi connectivity index (χ1) is 16.6. The monoisotopic (exact) mass is 471 g/mol. The minimum atomic E-state index is -0.481. The summed E-state index contributed by atoms with van der Waals surface area (Å²) in [6.07, 6.45) is 6.52. The number of ether oxygens (including phenoxy) is 2. The fourth-order valence-corrected chi connectivity index (χ4v) is 5.58. The third-order valence-electron chi connectivity index (χ3n) is 7.57. The number of aliphatic hydroxyl groups is 1. The number of nitrogens with one attached hydrogen (secondary N) is 2. The summed E-state index contributed by atoms with van der Waals surface area (Å²) >= 11 is 0. The number of benzene rings is 1. The van der Waals surface area contributed by atoms with Crippen LogP contribution in [0.4, 0.5) is 5.69 Å². The van der Waals surface area contributed by atoms with Gasteiger partial charge in [-0.1, -0.05) is 6.42 Å². The minimum Gasteiger partial charge on any atom is -0.487 e. The van der Waals surface area contributed by atoms with Crippen molar-refractivity contribution in [1.29, 1.82) is 0 Å². The van der Waals surface area contributed by atoms with E-state index in [-0.39, 0.29) is 43.0 Å². The van der Waals surface area contributed by atoms with Crippen LogP contribution in [0.15, 0.2) is 18.2 Å². The van der Waals surface area contributed by atoms with Crippen molar-refractivity contribution in [2.24, 2.45) is 5.92 Å². The number of carbonyl (C=O) groups is 2. The van der Waals surface area contributed by atoms with Crippen LogP contribution in [0, 0.1) is 5.92 Å². The zero-order valence-electron chi connectivity index (χ0n) is 19.8. The van der Waals surface area contributed by atoms with Crippen molar-refractivity contribution in [1.82, 2.24) is 10.2 Å². The van der Waals surface area contributed by atoms with Gasteiger partial charge in [0.2, 0.25) is 11.8 Å². The van der Waals surface area contributed by atoms with E-state index in [1.165, 1.54) is 19.3 Å². The van der Waals surface area contributed by atoms with E-state index < -0.39 is 6.10 Å². The Morgan fingerprint density at radius 2 is 1.91 bits per heavy atom. The van der Waals surface area contributed by atoms with Crippen molar-refractivity contribution in [3.8, 4) is 5.75 Å². The first-order valence-electron chi connectivity index (χ1n) is 12.9. The van der Waals surface area contributed by atoms with Crippen LogP contribution in [0.1, 0.15) is 62.8 Å². The van der Waals surface area contributed by atoms with E-state index in [0.717, 1.165) is 49.5 Å². The van der Waals surface area contributed by atoms with E-state index in [2.05, 4.69) is 15.5 Å². The highest BCUT2D eigenvalue weighted by Gasteiger charge is 2.46. The van der Waals surface area contributed by atoms with Crippen LogP contribution in [0.2, 0.25) is 0 Å². The van der Waals surface area contributed by atoms with Gasteiger partial charge in [0, 0.05) is 36.7 Å². The van der Waals surface area contributed by atoms with Crippen LogP contribution in [0.5, 0.6) is 5.75 Å². The second-order valence-electron chi connectivity index (χ2n) is 10.3. The van der Waals surface area contributed by atoms with Gasteiger partial charge in [-0.3, -0.25) is 9.59 Å². The lowest BCUT2D eigenvalue weighted by Crippen LogP contribution is -2.47. The summed E-state index contributed by atoms with van der Waals surface area (Å²) < 4.78 is 12.2. The maximum absolute atomic E-state index is 12.6. The van der Waals surface area contributed by atoms with Crippen molar-refractivity contribution >= 4 is 17.5 Å². The highest BCUT2D eigenvalue weighted by Crippen LogP contribution is 2.47. The molecule has 8 heteroatoms. The van der Waals surface area contributed by atoms with Crippen molar-refractivity contribution < 1.29 is 24.2 Å². The second kappa shape index (κ2) is 10.6. The third kappa shape index (κ3) is 5.73. The van der Waals surface area contributed by atoms with E-state index in [4.69, 9.17) is 9.47 Å². The number of fused-ring (bicyclic) bond motifs is 3. The van der Waals surface area contributed by atoms with Crippen molar-refractivity contribution in [2.75, 3.05) is 38.1 Å². The Morgan fingerprint density at radius 3 is 2.68 bits per heavy atom. The topological polar surface area (TPSA) is 100 Å². The van der Waals surface area contributed by atoms with Gasteiger partial charge in [0.15, 0.2) is 0 Å². The highest BCUT2D eigenvalue weighted by molar-refractivity contribution is 5.91. The molecule has 8 nitrogen and oxygen atoms in total. The molecule has 1 aromatic rings. The van der Waals surface area contributed by atoms with Crippen LogP contribution >= 0.6 is 0 Å². The fraction of sp³-hybridized carbons (Fsp3) is 0.692. The molecular formula is C26H37N3O5. The predicted octanol–water partition coefficient (Wildman–Crippen LogP) is 2.41. The van der Waals surface area contributed by atoms with Gasteiger partial charge in [0.05, 0.1) is 19.1 Å². The number of anilines is 1. The summed E-state index contributed by atoms with van der Waals surface area (Å²) in [5.41, 5.74) is 1.79. The molecule has 1 aromatic carbocycles. The lowest BCUT2D eigenvalue weighted by molar-refractivity contribution is -0.142. The summed E-state index contributed by atoms with van der Waals surface area (Å²) in [7, 11) is 0. The van der Waals surface area contributed by atoms with Gasteiger partial charge < -0.3 is 30.1 Å². The number of likely N-dealkylation sites (tertiary alicyclic amines) is 1. The Hall–Kier alpha value is -2.16. The molecule has 2 amide bonds. The highest BCUT2D eigenvalue weighted by atomic mass is 16.6. The van der Waals surface area contributed by atoms with E-state index in [1.807, 2.05) is 18.2 Å². The van der Waals surface area contributed by atoms with Gasteiger partial charge in [0.25, 0.3) is 0 Å². The quantitative estimate of drug-likeness (QED) is 0.512. The van der Waals surface area contributed by atoms with Crippen molar-refractivity contribution in [3.05, 3.63) is 23.8 Å². The molecule has 0 spiro atoms. The summed E-state index contributed by atoms with van der Waals surface area (Å²) in [4.78, 5) is 27.3. The van der Waals surface area contributed by atoms with Crippen LogP contribution in [-0.4, -0.2) is 72.9 Å². The number of aliphatic hydroxyl groups excluding tert-OH is 1. The van der Waals surface area contributed by atoms with E-state index in [9.17, 15) is 14.7 Å². The largest absolute Gasteiger partial charge is 0.487 e. The Morgan fingerprint density at radius 1 is 1.09 bits per heavy atom. The molecule has 2 saturated heterocycles. The summed E-state index contributed by atoms with van der Waals surface area (Å²) in [6.45, 7) is 3.61. The summed E-state index contributed by atoms with van der Waals surface area (Å²) in [5.74, 6) is 1.36. The molecule has 34 heavy (non-hydrogen) atoms. The number of hydrogen-bond acceptors (Lipinski definition) is 6. The average molecular weight is 472 g/mol. The standard InChI is InChI=1S/C26H37N3O5/c30-16-23-26-21(14-19(33-23)15-24(31)27-8-11-29-9-2-1-3-10-29)20-13-18(6-7-22(20)34-26)28-25(32)12-17-4-5-17/h6-7,13,17,19,21,23,26,30H,1-5,8-12,14-16H2,(H,27,31)(H,28,32)/t19-,21+,23-,26-/m0/s1. The number of hydrogen-bond donors (Lipinski definition) is 3. The van der Waals surface area contributed by atoms with Crippen LogP contribution in [0.3, 0.4) is 0 Å². The lowest BCUT2D eigenvalue weighted by Gasteiger charge is -2.37. The molecule has 3 fully saturated rings. The lowest BCUT2D eigenvalue weighted by atomic mass is 9.84. The van der Waals surface area contributed by atoms with Gasteiger partial charge in [-0.2, -0.15) is 0 Å². The zero-order chi connectivity index (χ0) is 23.5. The fourth-order valence-electron chi connectivity index (χ4n) is 5.58. The molecule has 3 heterocycles. The first kappa shape index (κ1) is 23.6. The molecular weight excluding hydrogens is 434 g/mol. The normalized spacial score (nSPS) is 28.5. The predicted molar refractivity (Wildman–Crippen MR) is 128 cm³/mol. The van der Waals surface area contributed by atoms with Gasteiger partial charge >= 0.3 is 0 Å². The van der Waals surface area contributed by atoms with Crippen LogP contribution in [0.25, 0.3) is 0 Å². The molecule has 3 N–H and O–H groups in total. The molecule has 4 atom stereocenters. The summed E-state index contributed by atoms with van der Waals surface area (Å²) in [6, 6.07) is 5.74. The maximum atomic E-state index is 12.6. The van der Waals surface area contributed by atoms with E-state index >= 15 is 0 Å². The number of nitrogens with zero attached hydrogens (tertiary/aromatic N) is 1. The van der Waals surface area contributed by atoms with Gasteiger partial charge in [-0.05, 0) is 69.3 Å². The maximum Gasteiger partial charge on any atom is 0.224 e. The van der Waals surface area contributed by atoms with E-state index in [0.29, 0.717) is 25.3 Å². The first-order valence-corrected chi connectivity index (χ1v) is 12.9. The molecule has 5 rings (SSSR count). The minimum absolute atomic E-state index is 0.0163. The van der Waals surface area contributed by atoms with Crippen molar-refractivity contribution in [3.63, 3.8) is 0 Å². The molecule has 0 radical (unpaired) electrons. The molecule has 0 bridgehead atoms. The number of carbonyl (C=O) groups excluding carboxylic acids is 2. The number of amides is 2. The van der Waals surface area contributed by atoms with Gasteiger partial charge in [-0.25, -0.2) is 0 Å². The van der Waals surface area contributed by atoms with Crippen LogP contribution < -0.4 is 15.4 Å². The average Bonchev–Trinajstić information content (AvgIpc) is 3.57. The molecule has 0 aromatic heterocycles. The Labute approximate surface area is 201 Å². The Balaban J connectivity index is 1.17. The Kier molecular flexibility index (Phi) is 7.37. The molecule has 1 saturated carbocycles. The van der Waals surface area contributed by atoms with Gasteiger partial charge in [0.1, 0.15) is 18.0 Å². The van der Waals surface area contributed by atoms with Crippen molar-refractivity contribution in [2.45, 2.75) is 75.6 Å². The van der Waals surface area contributed by atoms with Crippen LogP contribution in [-0.2, 0) is 14.3 Å². The Bertz CT molecular complexity index is 883. The van der Waals surface area contributed by atoms with E-state index in [1.54, 1.807) is 0 Å². The molecule has 3 aliphatic heterocycles. The van der Waals surface area contributed by atoms with Gasteiger partial charge in [-0.15, -0.1) is 0 Å².